The zero-order valence-electron chi connectivity index (χ0n) is 18.1. The van der Waals surface area contributed by atoms with Gasteiger partial charge < -0.3 is 10.6 Å². The van der Waals surface area contributed by atoms with Crippen molar-refractivity contribution in [1.82, 2.24) is 0 Å². The average molecular weight is 452 g/mol. The number of nitrogens with one attached hydrogen (secondary N) is 2. The number of nitrogens with zero attached hydrogens (tertiary/aromatic N) is 1. The maximum Gasteiger partial charge on any atom is 0.264 e. The van der Waals surface area contributed by atoms with Crippen LogP contribution in [0.15, 0.2) is 77.7 Å². The van der Waals surface area contributed by atoms with Crippen molar-refractivity contribution in [2.24, 2.45) is 0 Å². The Hall–Kier alpha value is -3.65. The zero-order chi connectivity index (χ0) is 23.3. The molecule has 0 radical (unpaired) electrons. The number of carbonyl (C=O) groups excluding carboxylic acids is 2. The first-order chi connectivity index (χ1) is 15.2. The van der Waals surface area contributed by atoms with E-state index in [1.165, 1.54) is 19.1 Å². The molecule has 0 bridgehead atoms. The number of sulfonamides is 1. The van der Waals surface area contributed by atoms with Crippen LogP contribution in [0.4, 0.5) is 17.1 Å². The fourth-order valence-corrected chi connectivity index (χ4v) is 4.67. The smallest absolute Gasteiger partial charge is 0.264 e. The minimum Gasteiger partial charge on any atom is -0.326 e. The fraction of sp³-hybridized carbons (Fsp3) is 0.167. The van der Waals surface area contributed by atoms with Crippen molar-refractivity contribution >= 4 is 38.9 Å². The Bertz CT molecular complexity index is 1240. The van der Waals surface area contributed by atoms with Crippen molar-refractivity contribution < 1.29 is 18.0 Å². The number of hydrogen-bond donors (Lipinski definition) is 2. The van der Waals surface area contributed by atoms with Crippen LogP contribution in [-0.2, 0) is 19.6 Å². The van der Waals surface area contributed by atoms with Gasteiger partial charge in [-0.05, 0) is 55.8 Å². The Morgan fingerprint density at radius 3 is 2.09 bits per heavy atom. The van der Waals surface area contributed by atoms with Gasteiger partial charge in [0.2, 0.25) is 11.8 Å². The predicted octanol–water partition coefficient (Wildman–Crippen LogP) is 4.10. The Balaban J connectivity index is 1.91. The number of hydrogen-bond acceptors (Lipinski definition) is 4. The topological polar surface area (TPSA) is 95.6 Å². The first-order valence-corrected chi connectivity index (χ1v) is 11.4. The Morgan fingerprint density at radius 1 is 0.844 bits per heavy atom. The van der Waals surface area contributed by atoms with Crippen LogP contribution in [0.1, 0.15) is 18.1 Å². The molecule has 0 aliphatic rings. The van der Waals surface area contributed by atoms with Gasteiger partial charge in [0.05, 0.1) is 10.6 Å². The highest BCUT2D eigenvalue weighted by molar-refractivity contribution is 7.92. The molecule has 32 heavy (non-hydrogen) atoms. The molecule has 0 aliphatic carbocycles. The van der Waals surface area contributed by atoms with Gasteiger partial charge in [0, 0.05) is 18.3 Å². The summed E-state index contributed by atoms with van der Waals surface area (Å²) in [7, 11) is -3.99. The molecule has 3 rings (SSSR count). The Morgan fingerprint density at radius 2 is 1.47 bits per heavy atom. The van der Waals surface area contributed by atoms with Crippen LogP contribution in [0, 0.1) is 13.8 Å². The zero-order valence-corrected chi connectivity index (χ0v) is 18.9. The number of para-hydroxylation sites is 1. The first-order valence-electron chi connectivity index (χ1n) is 9.99. The van der Waals surface area contributed by atoms with Crippen LogP contribution >= 0.6 is 0 Å². The number of anilines is 3. The largest absolute Gasteiger partial charge is 0.326 e. The normalized spacial score (nSPS) is 11.0. The minimum absolute atomic E-state index is 0.104. The van der Waals surface area contributed by atoms with Crippen molar-refractivity contribution in [3.63, 3.8) is 0 Å². The predicted molar refractivity (Wildman–Crippen MR) is 126 cm³/mol. The molecule has 0 saturated heterocycles. The van der Waals surface area contributed by atoms with Crippen molar-refractivity contribution in [3.05, 3.63) is 83.9 Å². The van der Waals surface area contributed by atoms with Crippen LogP contribution in [0.25, 0.3) is 0 Å². The molecule has 0 saturated carbocycles. The Labute approximate surface area is 188 Å². The average Bonchev–Trinajstić information content (AvgIpc) is 2.73. The van der Waals surface area contributed by atoms with Gasteiger partial charge in [-0.15, -0.1) is 0 Å². The fourth-order valence-electron chi connectivity index (χ4n) is 3.19. The lowest BCUT2D eigenvalue weighted by Gasteiger charge is -2.25. The van der Waals surface area contributed by atoms with Gasteiger partial charge >= 0.3 is 0 Å². The maximum atomic E-state index is 13.5. The number of carbonyl (C=O) groups is 2. The monoisotopic (exact) mass is 451 g/mol. The summed E-state index contributed by atoms with van der Waals surface area (Å²) in [6, 6.07) is 20.2. The van der Waals surface area contributed by atoms with Crippen molar-refractivity contribution in [3.8, 4) is 0 Å². The second-order valence-corrected chi connectivity index (χ2v) is 9.28. The molecule has 0 spiro atoms. The number of benzene rings is 3. The van der Waals surface area contributed by atoms with Crippen LogP contribution in [0.2, 0.25) is 0 Å². The van der Waals surface area contributed by atoms with Crippen molar-refractivity contribution in [2.45, 2.75) is 25.7 Å². The first kappa shape index (κ1) is 23.0. The second-order valence-electron chi connectivity index (χ2n) is 7.42. The van der Waals surface area contributed by atoms with E-state index in [2.05, 4.69) is 10.6 Å². The van der Waals surface area contributed by atoms with E-state index in [4.69, 9.17) is 0 Å². The molecule has 0 heterocycles. The third-order valence-corrected chi connectivity index (χ3v) is 6.52. The van der Waals surface area contributed by atoms with Gasteiger partial charge in [0.25, 0.3) is 10.0 Å². The van der Waals surface area contributed by atoms with E-state index in [1.807, 2.05) is 13.0 Å². The molecule has 166 valence electrons. The molecule has 3 aromatic rings. The van der Waals surface area contributed by atoms with Crippen molar-refractivity contribution in [1.29, 1.82) is 0 Å². The van der Waals surface area contributed by atoms with Crippen LogP contribution in [-0.4, -0.2) is 26.8 Å². The quantitative estimate of drug-likeness (QED) is 0.565. The standard InChI is InChI=1S/C24H25N3O4S/c1-17-11-13-22(14-12-17)32(30,31)27(23-10-5-4-7-18(23)2)16-24(29)26-21-9-6-8-20(15-21)25-19(3)28/h4-15H,16H2,1-3H3,(H,25,28)(H,26,29). The molecule has 7 nitrogen and oxygen atoms in total. The second kappa shape index (κ2) is 9.65. The summed E-state index contributed by atoms with van der Waals surface area (Å²) in [5.41, 5.74) is 3.05. The van der Waals surface area contributed by atoms with Gasteiger partial charge in [0.15, 0.2) is 0 Å². The Kier molecular flexibility index (Phi) is 6.95. The molecule has 0 aromatic heterocycles. The van der Waals surface area contributed by atoms with Crippen LogP contribution in [0.5, 0.6) is 0 Å². The van der Waals surface area contributed by atoms with Crippen LogP contribution in [0.3, 0.4) is 0 Å². The minimum atomic E-state index is -3.99. The molecular formula is C24H25N3O4S. The molecule has 2 amide bonds. The van der Waals surface area contributed by atoms with E-state index >= 15 is 0 Å². The number of aryl methyl sites for hydroxylation is 2. The summed E-state index contributed by atoms with van der Waals surface area (Å²) in [6.45, 7) is 4.65. The van der Waals surface area contributed by atoms with Gasteiger partial charge in [-0.25, -0.2) is 8.42 Å². The van der Waals surface area contributed by atoms with E-state index in [1.54, 1.807) is 61.5 Å². The summed E-state index contributed by atoms with van der Waals surface area (Å²) in [6.07, 6.45) is 0. The molecule has 8 heteroatoms. The van der Waals surface area contributed by atoms with Gasteiger partial charge in [0.1, 0.15) is 6.54 Å². The number of rotatable bonds is 7. The summed E-state index contributed by atoms with van der Waals surface area (Å²) < 4.78 is 28.0. The van der Waals surface area contributed by atoms with E-state index in [0.717, 1.165) is 15.4 Å². The highest BCUT2D eigenvalue weighted by Crippen LogP contribution is 2.27. The summed E-state index contributed by atoms with van der Waals surface area (Å²) in [5.74, 6) is -0.743. The third kappa shape index (κ3) is 5.53. The lowest BCUT2D eigenvalue weighted by atomic mass is 10.2. The molecule has 0 fully saturated rings. The maximum absolute atomic E-state index is 13.5. The lowest BCUT2D eigenvalue weighted by molar-refractivity contribution is -0.115. The molecular weight excluding hydrogens is 426 g/mol. The molecule has 0 unspecified atom stereocenters. The highest BCUT2D eigenvalue weighted by atomic mass is 32.2. The van der Waals surface area contributed by atoms with E-state index in [9.17, 15) is 18.0 Å². The lowest BCUT2D eigenvalue weighted by Crippen LogP contribution is -2.38. The molecule has 2 N–H and O–H groups in total. The van der Waals surface area contributed by atoms with Gasteiger partial charge in [-0.3, -0.25) is 13.9 Å². The number of amides is 2. The SMILES string of the molecule is CC(=O)Nc1cccc(NC(=O)CN(c2ccccc2C)S(=O)(=O)c2ccc(C)cc2)c1. The van der Waals surface area contributed by atoms with E-state index in [0.29, 0.717) is 17.1 Å². The van der Waals surface area contributed by atoms with Gasteiger partial charge in [-0.1, -0.05) is 42.0 Å². The molecule has 3 aromatic carbocycles. The van der Waals surface area contributed by atoms with E-state index in [-0.39, 0.29) is 10.8 Å². The third-order valence-electron chi connectivity index (χ3n) is 4.75. The molecule has 0 aliphatic heterocycles. The van der Waals surface area contributed by atoms with E-state index < -0.39 is 22.5 Å². The summed E-state index contributed by atoms with van der Waals surface area (Å²) in [4.78, 5) is 24.2. The van der Waals surface area contributed by atoms with Crippen molar-refractivity contribution in [2.75, 3.05) is 21.5 Å². The van der Waals surface area contributed by atoms with Gasteiger partial charge in [-0.2, -0.15) is 0 Å². The summed E-state index contributed by atoms with van der Waals surface area (Å²) >= 11 is 0. The highest BCUT2D eigenvalue weighted by Gasteiger charge is 2.28. The molecule has 0 atom stereocenters. The van der Waals surface area contributed by atoms with Crippen LogP contribution < -0.4 is 14.9 Å². The summed E-state index contributed by atoms with van der Waals surface area (Å²) in [5, 5.41) is 5.36.